The Morgan fingerprint density at radius 2 is 1.94 bits per heavy atom. The van der Waals surface area contributed by atoms with Gasteiger partial charge in [-0.3, -0.25) is 0 Å². The van der Waals surface area contributed by atoms with Crippen LogP contribution in [0.5, 0.6) is 0 Å². The monoisotopic (exact) mass is 256 g/mol. The van der Waals surface area contributed by atoms with Crippen LogP contribution in [-0.2, 0) is 0 Å². The van der Waals surface area contributed by atoms with E-state index in [1.165, 1.54) is 10.4 Å². The van der Waals surface area contributed by atoms with Gasteiger partial charge in [-0.05, 0) is 31.5 Å². The molecule has 3 aromatic rings. The molecular weight excluding hydrogens is 244 g/mol. The van der Waals surface area contributed by atoms with Crippen LogP contribution >= 0.6 is 11.3 Å². The van der Waals surface area contributed by atoms with Crippen molar-refractivity contribution >= 4 is 27.4 Å². The third kappa shape index (κ3) is 1.64. The van der Waals surface area contributed by atoms with Gasteiger partial charge in [-0.25, -0.2) is 15.0 Å². The lowest BCUT2D eigenvalue weighted by molar-refractivity contribution is 1.22. The normalized spacial score (nSPS) is 11.0. The molecule has 0 spiro atoms. The molecule has 5 heteroatoms. The summed E-state index contributed by atoms with van der Waals surface area (Å²) in [5.41, 5.74) is 8.74. The fourth-order valence-corrected chi connectivity index (χ4v) is 2.94. The van der Waals surface area contributed by atoms with E-state index in [4.69, 9.17) is 5.73 Å². The van der Waals surface area contributed by atoms with Crippen LogP contribution in [0.15, 0.2) is 24.7 Å². The molecule has 0 atom stereocenters. The van der Waals surface area contributed by atoms with Crippen LogP contribution in [0.4, 0.5) is 5.82 Å². The first-order valence-electron chi connectivity index (χ1n) is 5.59. The van der Waals surface area contributed by atoms with Gasteiger partial charge in [0.15, 0.2) is 0 Å². The van der Waals surface area contributed by atoms with Crippen molar-refractivity contribution in [2.75, 3.05) is 5.73 Å². The van der Waals surface area contributed by atoms with E-state index in [0.717, 1.165) is 21.5 Å². The molecule has 4 nitrogen and oxygen atoms in total. The molecule has 3 rings (SSSR count). The zero-order chi connectivity index (χ0) is 12.7. The number of nitrogens with two attached hydrogens (primary N) is 1. The predicted octanol–water partition coefficient (Wildman–Crippen LogP) is 2.95. The van der Waals surface area contributed by atoms with Crippen molar-refractivity contribution in [1.29, 1.82) is 0 Å². The van der Waals surface area contributed by atoms with E-state index < -0.39 is 0 Å². The molecule has 0 fully saturated rings. The Bertz CT molecular complexity index is 716. The van der Waals surface area contributed by atoms with E-state index >= 15 is 0 Å². The molecule has 0 aliphatic rings. The summed E-state index contributed by atoms with van der Waals surface area (Å²) in [6.07, 6.45) is 3.35. The highest BCUT2D eigenvalue weighted by atomic mass is 32.1. The molecule has 90 valence electrons. The SMILES string of the molecule is Cc1sc2ncnc(-c3ccc(N)nc3)c2c1C. The van der Waals surface area contributed by atoms with Gasteiger partial charge < -0.3 is 5.73 Å². The molecule has 0 aliphatic carbocycles. The number of aryl methyl sites for hydroxylation is 2. The second-order valence-electron chi connectivity index (χ2n) is 4.16. The van der Waals surface area contributed by atoms with Crippen LogP contribution in [0.1, 0.15) is 10.4 Å². The minimum atomic E-state index is 0.516. The maximum atomic E-state index is 5.61. The Morgan fingerprint density at radius 1 is 1.11 bits per heavy atom. The fraction of sp³-hybridized carbons (Fsp3) is 0.154. The smallest absolute Gasteiger partial charge is 0.127 e. The molecule has 3 heterocycles. The third-order valence-corrected chi connectivity index (χ3v) is 4.14. The number of nitrogens with zero attached hydrogens (tertiary/aromatic N) is 3. The molecule has 0 saturated heterocycles. The van der Waals surface area contributed by atoms with Crippen molar-refractivity contribution in [3.05, 3.63) is 35.1 Å². The van der Waals surface area contributed by atoms with E-state index in [9.17, 15) is 0 Å². The lowest BCUT2D eigenvalue weighted by Crippen LogP contribution is -1.92. The summed E-state index contributed by atoms with van der Waals surface area (Å²) in [6.45, 7) is 4.21. The van der Waals surface area contributed by atoms with Gasteiger partial charge in [0.05, 0.1) is 5.69 Å². The predicted molar refractivity (Wildman–Crippen MR) is 74.5 cm³/mol. The average Bonchev–Trinajstić information content (AvgIpc) is 2.66. The molecule has 0 bridgehead atoms. The molecule has 18 heavy (non-hydrogen) atoms. The van der Waals surface area contributed by atoms with Crippen molar-refractivity contribution < 1.29 is 0 Å². The standard InChI is InChI=1S/C13H12N4S/c1-7-8(2)18-13-11(7)12(16-6-17-13)9-3-4-10(14)15-5-9/h3-6H,1-2H3,(H2,14,15). The number of fused-ring (bicyclic) bond motifs is 1. The number of pyridine rings is 1. The number of hydrogen-bond acceptors (Lipinski definition) is 5. The minimum absolute atomic E-state index is 0.516. The Balaban J connectivity index is 2.32. The third-order valence-electron chi connectivity index (χ3n) is 3.03. The van der Waals surface area contributed by atoms with Gasteiger partial charge in [-0.1, -0.05) is 0 Å². The lowest BCUT2D eigenvalue weighted by Gasteiger charge is -2.03. The average molecular weight is 256 g/mol. The molecular formula is C13H12N4S. The summed E-state index contributed by atoms with van der Waals surface area (Å²) in [5.74, 6) is 0.516. The van der Waals surface area contributed by atoms with E-state index in [2.05, 4.69) is 28.8 Å². The molecule has 0 radical (unpaired) electrons. The van der Waals surface area contributed by atoms with E-state index in [0.29, 0.717) is 5.82 Å². The van der Waals surface area contributed by atoms with Gasteiger partial charge in [-0.2, -0.15) is 0 Å². The Morgan fingerprint density at radius 3 is 2.67 bits per heavy atom. The number of rotatable bonds is 1. The quantitative estimate of drug-likeness (QED) is 0.727. The highest BCUT2D eigenvalue weighted by molar-refractivity contribution is 7.18. The van der Waals surface area contributed by atoms with Crippen LogP contribution in [0.3, 0.4) is 0 Å². The Labute approximate surface area is 109 Å². The number of aromatic nitrogens is 3. The first-order chi connectivity index (χ1) is 8.66. The summed E-state index contributed by atoms with van der Waals surface area (Å²) in [5, 5.41) is 1.12. The van der Waals surface area contributed by atoms with Gasteiger partial charge in [0, 0.05) is 22.0 Å². The second-order valence-corrected chi connectivity index (χ2v) is 5.36. The number of nitrogen functional groups attached to an aromatic ring is 1. The molecule has 0 aromatic carbocycles. The fourth-order valence-electron chi connectivity index (χ4n) is 1.95. The summed E-state index contributed by atoms with van der Waals surface area (Å²) >= 11 is 1.69. The van der Waals surface area contributed by atoms with E-state index in [1.54, 1.807) is 29.9 Å². The molecule has 0 saturated carbocycles. The maximum absolute atomic E-state index is 5.61. The van der Waals surface area contributed by atoms with Crippen molar-refractivity contribution in [3.8, 4) is 11.3 Å². The number of thiophene rings is 1. The molecule has 2 N–H and O–H groups in total. The zero-order valence-electron chi connectivity index (χ0n) is 10.1. The maximum Gasteiger partial charge on any atom is 0.127 e. The largest absolute Gasteiger partial charge is 0.384 e. The Kier molecular flexibility index (Phi) is 2.48. The minimum Gasteiger partial charge on any atom is -0.384 e. The lowest BCUT2D eigenvalue weighted by atomic mass is 10.1. The van der Waals surface area contributed by atoms with Crippen LogP contribution < -0.4 is 5.73 Å². The highest BCUT2D eigenvalue weighted by Gasteiger charge is 2.13. The van der Waals surface area contributed by atoms with Crippen molar-refractivity contribution in [2.24, 2.45) is 0 Å². The molecule has 3 aromatic heterocycles. The van der Waals surface area contributed by atoms with Crippen LogP contribution in [0.25, 0.3) is 21.5 Å². The first-order valence-corrected chi connectivity index (χ1v) is 6.41. The van der Waals surface area contributed by atoms with Gasteiger partial charge in [0.1, 0.15) is 17.0 Å². The van der Waals surface area contributed by atoms with Gasteiger partial charge in [0.2, 0.25) is 0 Å². The Hall–Kier alpha value is -2.01. The van der Waals surface area contributed by atoms with E-state index in [-0.39, 0.29) is 0 Å². The molecule has 0 aliphatic heterocycles. The summed E-state index contributed by atoms with van der Waals surface area (Å²) in [6, 6.07) is 3.73. The van der Waals surface area contributed by atoms with Crippen molar-refractivity contribution in [2.45, 2.75) is 13.8 Å². The van der Waals surface area contributed by atoms with Crippen LogP contribution in [0, 0.1) is 13.8 Å². The van der Waals surface area contributed by atoms with E-state index in [1.807, 2.05) is 6.07 Å². The topological polar surface area (TPSA) is 64.7 Å². The number of anilines is 1. The number of hydrogen-bond donors (Lipinski definition) is 1. The highest BCUT2D eigenvalue weighted by Crippen LogP contribution is 2.34. The summed E-state index contributed by atoms with van der Waals surface area (Å²) in [7, 11) is 0. The van der Waals surface area contributed by atoms with Gasteiger partial charge in [0.25, 0.3) is 0 Å². The van der Waals surface area contributed by atoms with Crippen molar-refractivity contribution in [3.63, 3.8) is 0 Å². The molecule has 0 unspecified atom stereocenters. The van der Waals surface area contributed by atoms with Crippen LogP contribution in [0.2, 0.25) is 0 Å². The first kappa shape index (κ1) is 11.1. The summed E-state index contributed by atoms with van der Waals surface area (Å²) < 4.78 is 0. The van der Waals surface area contributed by atoms with Crippen molar-refractivity contribution in [1.82, 2.24) is 15.0 Å². The second kappa shape index (κ2) is 4.03. The molecule has 0 amide bonds. The van der Waals surface area contributed by atoms with Crippen LogP contribution in [-0.4, -0.2) is 15.0 Å². The zero-order valence-corrected chi connectivity index (χ0v) is 11.0. The van der Waals surface area contributed by atoms with Gasteiger partial charge >= 0.3 is 0 Å². The summed E-state index contributed by atoms with van der Waals surface area (Å²) in [4.78, 5) is 15.1. The van der Waals surface area contributed by atoms with Gasteiger partial charge in [-0.15, -0.1) is 11.3 Å².